The van der Waals surface area contributed by atoms with E-state index in [0.29, 0.717) is 0 Å². The minimum absolute atomic E-state index is 0.114. The first-order valence-electron chi connectivity index (χ1n) is 6.49. The van der Waals surface area contributed by atoms with E-state index in [4.69, 9.17) is 5.26 Å². The molecule has 104 valence electrons. The van der Waals surface area contributed by atoms with E-state index >= 15 is 0 Å². The summed E-state index contributed by atoms with van der Waals surface area (Å²) in [7, 11) is 0. The topological polar surface area (TPSA) is 73.2 Å². The van der Waals surface area contributed by atoms with E-state index in [9.17, 15) is 9.59 Å². The fourth-order valence-corrected chi connectivity index (χ4v) is 2.26. The second-order valence-corrected chi connectivity index (χ2v) is 5.37. The van der Waals surface area contributed by atoms with Crippen LogP contribution in [0, 0.1) is 24.2 Å². The largest absolute Gasteiger partial charge is 0.325 e. The number of urea groups is 1. The smallest absolute Gasteiger partial charge is 0.319 e. The van der Waals surface area contributed by atoms with Crippen molar-refractivity contribution < 1.29 is 9.59 Å². The zero-order valence-corrected chi connectivity index (χ0v) is 11.8. The maximum Gasteiger partial charge on any atom is 0.325 e. The number of carbonyl (C=O) groups is 2. The lowest BCUT2D eigenvalue weighted by Gasteiger charge is -2.22. The van der Waals surface area contributed by atoms with Gasteiger partial charge in [-0.15, -0.1) is 0 Å². The Morgan fingerprint density at radius 1 is 1.35 bits per heavy atom. The Morgan fingerprint density at radius 3 is 2.50 bits per heavy atom. The van der Waals surface area contributed by atoms with Gasteiger partial charge in [-0.3, -0.25) is 9.69 Å². The van der Waals surface area contributed by atoms with Gasteiger partial charge in [-0.05, 0) is 26.3 Å². The van der Waals surface area contributed by atoms with Crippen LogP contribution in [-0.4, -0.2) is 23.4 Å². The summed E-state index contributed by atoms with van der Waals surface area (Å²) in [6.07, 6.45) is 0. The van der Waals surface area contributed by atoms with Crippen LogP contribution in [0.3, 0.4) is 0 Å². The van der Waals surface area contributed by atoms with Gasteiger partial charge in [-0.1, -0.05) is 29.8 Å². The van der Waals surface area contributed by atoms with Crippen molar-refractivity contribution in [3.8, 4) is 6.07 Å². The second-order valence-electron chi connectivity index (χ2n) is 5.37. The Labute approximate surface area is 118 Å². The minimum atomic E-state index is -1.06. The molecule has 1 saturated heterocycles. The standard InChI is InChI=1S/C15H17N3O2/c1-10-4-6-12(7-5-10)15(3)13(19)18(14(20)17-15)9-11(2)8-16/h4-7,11H,9H2,1-3H3,(H,17,20)/t11-,15-/m1/s1. The summed E-state index contributed by atoms with van der Waals surface area (Å²) in [6, 6.07) is 9.07. The van der Waals surface area contributed by atoms with E-state index in [1.165, 1.54) is 0 Å². The normalized spacial score (nSPS) is 23.4. The van der Waals surface area contributed by atoms with Gasteiger partial charge in [0, 0.05) is 6.54 Å². The summed E-state index contributed by atoms with van der Waals surface area (Å²) in [4.78, 5) is 25.6. The molecule has 0 radical (unpaired) electrons. The van der Waals surface area contributed by atoms with Gasteiger partial charge in [0.15, 0.2) is 0 Å². The van der Waals surface area contributed by atoms with E-state index < -0.39 is 11.6 Å². The van der Waals surface area contributed by atoms with Gasteiger partial charge in [0.2, 0.25) is 0 Å². The minimum Gasteiger partial charge on any atom is -0.319 e. The van der Waals surface area contributed by atoms with Gasteiger partial charge in [0.1, 0.15) is 5.54 Å². The molecule has 3 amide bonds. The highest BCUT2D eigenvalue weighted by Gasteiger charge is 2.49. The molecule has 1 aliphatic rings. The molecular formula is C15H17N3O2. The van der Waals surface area contributed by atoms with Crippen LogP contribution < -0.4 is 5.32 Å². The van der Waals surface area contributed by atoms with E-state index in [-0.39, 0.29) is 18.4 Å². The highest BCUT2D eigenvalue weighted by Crippen LogP contribution is 2.29. The number of nitriles is 1. The Morgan fingerprint density at radius 2 is 1.95 bits per heavy atom. The van der Waals surface area contributed by atoms with Crippen LogP contribution in [0.25, 0.3) is 0 Å². The summed E-state index contributed by atoms with van der Waals surface area (Å²) in [6.45, 7) is 5.45. The molecule has 1 aliphatic heterocycles. The average Bonchev–Trinajstić information content (AvgIpc) is 2.64. The number of imide groups is 1. The van der Waals surface area contributed by atoms with Crippen molar-refractivity contribution in [2.24, 2.45) is 5.92 Å². The first kappa shape index (κ1) is 14.1. The third-order valence-corrected chi connectivity index (χ3v) is 3.58. The van der Waals surface area contributed by atoms with Crippen molar-refractivity contribution in [3.63, 3.8) is 0 Å². The summed E-state index contributed by atoms with van der Waals surface area (Å²) in [5.74, 6) is -0.696. The monoisotopic (exact) mass is 271 g/mol. The lowest BCUT2D eigenvalue weighted by Crippen LogP contribution is -2.41. The quantitative estimate of drug-likeness (QED) is 0.854. The number of aryl methyl sites for hydroxylation is 1. The van der Waals surface area contributed by atoms with Crippen LogP contribution in [-0.2, 0) is 10.3 Å². The van der Waals surface area contributed by atoms with Crippen molar-refractivity contribution in [2.75, 3.05) is 6.54 Å². The summed E-state index contributed by atoms with van der Waals surface area (Å²) < 4.78 is 0. The molecule has 1 aromatic rings. The zero-order chi connectivity index (χ0) is 14.9. The van der Waals surface area contributed by atoms with Crippen LogP contribution in [0.1, 0.15) is 25.0 Å². The van der Waals surface area contributed by atoms with Gasteiger partial charge in [0.05, 0.1) is 12.0 Å². The van der Waals surface area contributed by atoms with Crippen LogP contribution >= 0.6 is 0 Å². The molecule has 1 aromatic carbocycles. The SMILES string of the molecule is Cc1ccc([C@@]2(C)NC(=O)N(C[C@H](C)C#N)C2=O)cc1. The summed E-state index contributed by atoms with van der Waals surface area (Å²) >= 11 is 0. The number of nitrogens with one attached hydrogen (secondary N) is 1. The number of carbonyl (C=O) groups excluding carboxylic acids is 2. The number of rotatable bonds is 3. The van der Waals surface area contributed by atoms with Crippen LogP contribution in [0.5, 0.6) is 0 Å². The molecule has 5 nitrogen and oxygen atoms in total. The fourth-order valence-electron chi connectivity index (χ4n) is 2.26. The summed E-state index contributed by atoms with van der Waals surface area (Å²) in [5, 5.41) is 11.5. The molecule has 0 aliphatic carbocycles. The van der Waals surface area contributed by atoms with Crippen molar-refractivity contribution in [2.45, 2.75) is 26.3 Å². The molecule has 1 heterocycles. The van der Waals surface area contributed by atoms with E-state index in [1.807, 2.05) is 37.3 Å². The molecule has 2 rings (SSSR count). The van der Waals surface area contributed by atoms with Crippen LogP contribution in [0.15, 0.2) is 24.3 Å². The maximum absolute atomic E-state index is 12.5. The lowest BCUT2D eigenvalue weighted by atomic mass is 9.91. The van der Waals surface area contributed by atoms with Gasteiger partial charge in [0.25, 0.3) is 5.91 Å². The number of hydrogen-bond acceptors (Lipinski definition) is 3. The molecular weight excluding hydrogens is 254 g/mol. The van der Waals surface area contributed by atoms with Crippen molar-refractivity contribution in [1.29, 1.82) is 5.26 Å². The van der Waals surface area contributed by atoms with Gasteiger partial charge in [-0.25, -0.2) is 4.79 Å². The van der Waals surface area contributed by atoms with Gasteiger partial charge >= 0.3 is 6.03 Å². The molecule has 1 fully saturated rings. The molecule has 1 N–H and O–H groups in total. The molecule has 5 heteroatoms. The van der Waals surface area contributed by atoms with E-state index in [0.717, 1.165) is 16.0 Å². The Balaban J connectivity index is 2.31. The third-order valence-electron chi connectivity index (χ3n) is 3.58. The zero-order valence-electron chi connectivity index (χ0n) is 11.8. The Hall–Kier alpha value is -2.35. The average molecular weight is 271 g/mol. The van der Waals surface area contributed by atoms with E-state index in [2.05, 4.69) is 5.32 Å². The molecule has 0 unspecified atom stereocenters. The first-order valence-corrected chi connectivity index (χ1v) is 6.49. The Kier molecular flexibility index (Phi) is 3.49. The molecule has 0 saturated carbocycles. The first-order chi connectivity index (χ1) is 9.38. The van der Waals surface area contributed by atoms with E-state index in [1.54, 1.807) is 13.8 Å². The highest BCUT2D eigenvalue weighted by atomic mass is 16.2. The number of nitrogens with zero attached hydrogens (tertiary/aromatic N) is 2. The molecule has 2 atom stereocenters. The summed E-state index contributed by atoms with van der Waals surface area (Å²) in [5.41, 5.74) is 0.776. The lowest BCUT2D eigenvalue weighted by molar-refractivity contribution is -0.131. The molecule has 0 spiro atoms. The highest BCUT2D eigenvalue weighted by molar-refractivity contribution is 6.07. The van der Waals surface area contributed by atoms with Crippen LogP contribution in [0.4, 0.5) is 4.79 Å². The third kappa shape index (κ3) is 2.25. The van der Waals surface area contributed by atoms with Crippen molar-refractivity contribution >= 4 is 11.9 Å². The van der Waals surface area contributed by atoms with Gasteiger partial charge in [-0.2, -0.15) is 5.26 Å². The molecule has 0 aromatic heterocycles. The second kappa shape index (κ2) is 4.97. The fraction of sp³-hybridized carbons (Fsp3) is 0.400. The maximum atomic E-state index is 12.5. The number of hydrogen-bond donors (Lipinski definition) is 1. The van der Waals surface area contributed by atoms with Gasteiger partial charge < -0.3 is 5.32 Å². The molecule has 20 heavy (non-hydrogen) atoms. The number of amides is 3. The molecule has 0 bridgehead atoms. The predicted octanol–water partition coefficient (Wildman–Crippen LogP) is 1.92. The van der Waals surface area contributed by atoms with Crippen molar-refractivity contribution in [1.82, 2.24) is 10.2 Å². The Bertz CT molecular complexity index is 588. The van der Waals surface area contributed by atoms with Crippen LogP contribution in [0.2, 0.25) is 0 Å². The predicted molar refractivity (Wildman–Crippen MR) is 73.6 cm³/mol. The number of benzene rings is 1. The van der Waals surface area contributed by atoms with Crippen molar-refractivity contribution in [3.05, 3.63) is 35.4 Å².